The van der Waals surface area contributed by atoms with Crippen molar-refractivity contribution in [2.24, 2.45) is 5.92 Å². The Kier molecular flexibility index (Phi) is 3.56. The molecule has 0 aromatic heterocycles. The van der Waals surface area contributed by atoms with Gasteiger partial charge in [0.15, 0.2) is 0 Å². The molecule has 1 aliphatic carbocycles. The number of amides is 1. The Morgan fingerprint density at radius 3 is 2.88 bits per heavy atom. The lowest BCUT2D eigenvalue weighted by Gasteiger charge is -2.03. The maximum atomic E-state index is 11.6. The highest BCUT2D eigenvalue weighted by atomic mass is 35.5. The molecule has 1 fully saturated rings. The van der Waals surface area contributed by atoms with Crippen molar-refractivity contribution in [2.45, 2.75) is 12.3 Å². The summed E-state index contributed by atoms with van der Waals surface area (Å²) < 4.78 is 0. The summed E-state index contributed by atoms with van der Waals surface area (Å²) in [6, 6.07) is 7.30. The molecule has 0 aliphatic heterocycles. The van der Waals surface area contributed by atoms with Crippen LogP contribution < -0.4 is 5.32 Å². The highest BCUT2D eigenvalue weighted by Gasteiger charge is 2.43. The van der Waals surface area contributed by atoms with Crippen molar-refractivity contribution in [3.05, 3.63) is 33.8 Å². The van der Waals surface area contributed by atoms with Crippen LogP contribution >= 0.6 is 23.2 Å². The summed E-state index contributed by atoms with van der Waals surface area (Å²) in [5.74, 6) is 0.0895. The van der Waals surface area contributed by atoms with Gasteiger partial charge < -0.3 is 5.32 Å². The Bertz CT molecular complexity index is 496. The van der Waals surface area contributed by atoms with Crippen LogP contribution in [0.25, 0.3) is 0 Å². The molecule has 0 spiro atoms. The van der Waals surface area contributed by atoms with Crippen molar-refractivity contribution in [1.29, 1.82) is 5.26 Å². The molecular weight excluding hydrogens is 259 g/mol. The third-order valence-corrected chi connectivity index (χ3v) is 3.58. The molecular formula is C12H10Cl2N2O. The van der Waals surface area contributed by atoms with Gasteiger partial charge in [-0.15, -0.1) is 0 Å². The second-order valence-electron chi connectivity index (χ2n) is 4.00. The fraction of sp³-hybridized carbons (Fsp3) is 0.333. The molecule has 1 N–H and O–H groups in total. The Hall–Kier alpha value is -1.24. The van der Waals surface area contributed by atoms with Crippen LogP contribution in [0.1, 0.15) is 17.9 Å². The molecule has 2 rings (SSSR count). The number of nitriles is 1. The molecule has 5 heteroatoms. The number of nitrogens with one attached hydrogen (secondary N) is 1. The molecule has 2 atom stereocenters. The van der Waals surface area contributed by atoms with Crippen molar-refractivity contribution in [3.63, 3.8) is 0 Å². The van der Waals surface area contributed by atoms with Crippen molar-refractivity contribution in [2.75, 3.05) is 6.54 Å². The van der Waals surface area contributed by atoms with E-state index in [0.29, 0.717) is 10.0 Å². The fourth-order valence-corrected chi connectivity index (χ4v) is 2.16. The van der Waals surface area contributed by atoms with Crippen LogP contribution in [0.5, 0.6) is 0 Å². The average Bonchev–Trinajstić information content (AvgIpc) is 3.09. The SMILES string of the molecule is N#CCNC(=O)[C@@H]1C[C@@H]1c1ccc(Cl)c(Cl)c1. The minimum absolute atomic E-state index is 0.0411. The first-order valence-electron chi connectivity index (χ1n) is 5.23. The molecule has 17 heavy (non-hydrogen) atoms. The van der Waals surface area contributed by atoms with Crippen LogP contribution in [0, 0.1) is 17.2 Å². The zero-order valence-electron chi connectivity index (χ0n) is 8.91. The summed E-state index contributed by atoms with van der Waals surface area (Å²) in [5, 5.41) is 12.0. The molecule has 1 aromatic rings. The van der Waals surface area contributed by atoms with Crippen molar-refractivity contribution < 1.29 is 4.79 Å². The highest BCUT2D eigenvalue weighted by Crippen LogP contribution is 2.48. The third-order valence-electron chi connectivity index (χ3n) is 2.84. The summed E-state index contributed by atoms with van der Waals surface area (Å²) in [7, 11) is 0. The van der Waals surface area contributed by atoms with E-state index in [0.717, 1.165) is 12.0 Å². The van der Waals surface area contributed by atoms with Gasteiger partial charge in [0.1, 0.15) is 6.54 Å². The van der Waals surface area contributed by atoms with E-state index in [1.165, 1.54) is 0 Å². The Balaban J connectivity index is 2.00. The van der Waals surface area contributed by atoms with E-state index < -0.39 is 0 Å². The zero-order valence-corrected chi connectivity index (χ0v) is 10.4. The smallest absolute Gasteiger partial charge is 0.224 e. The van der Waals surface area contributed by atoms with Gasteiger partial charge in [0.05, 0.1) is 16.1 Å². The van der Waals surface area contributed by atoms with Gasteiger partial charge in [0.2, 0.25) is 5.91 Å². The number of nitrogens with zero attached hydrogens (tertiary/aromatic N) is 1. The zero-order chi connectivity index (χ0) is 12.4. The predicted molar refractivity (Wildman–Crippen MR) is 65.9 cm³/mol. The van der Waals surface area contributed by atoms with Crippen LogP contribution in [-0.4, -0.2) is 12.5 Å². The van der Waals surface area contributed by atoms with E-state index in [2.05, 4.69) is 5.32 Å². The third kappa shape index (κ3) is 2.71. The lowest BCUT2D eigenvalue weighted by Crippen LogP contribution is -2.25. The minimum Gasteiger partial charge on any atom is -0.343 e. The van der Waals surface area contributed by atoms with E-state index in [1.807, 2.05) is 12.1 Å². The minimum atomic E-state index is -0.0670. The molecule has 0 radical (unpaired) electrons. The van der Waals surface area contributed by atoms with E-state index in [-0.39, 0.29) is 24.3 Å². The summed E-state index contributed by atoms with van der Waals surface area (Å²) >= 11 is 11.7. The summed E-state index contributed by atoms with van der Waals surface area (Å²) in [4.78, 5) is 11.6. The first-order valence-corrected chi connectivity index (χ1v) is 5.98. The number of halogens is 2. The van der Waals surface area contributed by atoms with Gasteiger partial charge in [-0.05, 0) is 30.0 Å². The molecule has 0 saturated heterocycles. The Labute approximate surface area is 109 Å². The lowest BCUT2D eigenvalue weighted by molar-refractivity contribution is -0.122. The van der Waals surface area contributed by atoms with E-state index >= 15 is 0 Å². The number of hydrogen-bond donors (Lipinski definition) is 1. The standard InChI is InChI=1S/C12H10Cl2N2O/c13-10-2-1-7(5-11(10)14)8-6-9(8)12(17)16-4-3-15/h1-2,5,8-9H,4,6H2,(H,16,17)/t8-,9-/m1/s1. The molecule has 1 amide bonds. The molecule has 88 valence electrons. The van der Waals surface area contributed by atoms with E-state index in [1.54, 1.807) is 12.1 Å². The molecule has 1 saturated carbocycles. The summed E-state index contributed by atoms with van der Waals surface area (Å²) in [6.45, 7) is 0.0590. The summed E-state index contributed by atoms with van der Waals surface area (Å²) in [5.41, 5.74) is 1.02. The van der Waals surface area contributed by atoms with Crippen LogP contribution in [0.3, 0.4) is 0 Å². The normalized spacial score (nSPS) is 21.7. The maximum Gasteiger partial charge on any atom is 0.224 e. The van der Waals surface area contributed by atoms with Crippen molar-refractivity contribution >= 4 is 29.1 Å². The molecule has 0 bridgehead atoms. The van der Waals surface area contributed by atoms with Crippen LogP contribution in [-0.2, 0) is 4.79 Å². The number of carbonyl (C=O) groups excluding carboxylic acids is 1. The van der Waals surface area contributed by atoms with Crippen LogP contribution in [0.4, 0.5) is 0 Å². The molecule has 0 unspecified atom stereocenters. The largest absolute Gasteiger partial charge is 0.343 e. The first-order chi connectivity index (χ1) is 8.13. The van der Waals surface area contributed by atoms with Gasteiger partial charge in [0, 0.05) is 5.92 Å². The van der Waals surface area contributed by atoms with Gasteiger partial charge in [-0.3, -0.25) is 4.79 Å². The molecule has 1 aliphatic rings. The highest BCUT2D eigenvalue weighted by molar-refractivity contribution is 6.42. The van der Waals surface area contributed by atoms with Crippen molar-refractivity contribution in [1.82, 2.24) is 5.32 Å². The fourth-order valence-electron chi connectivity index (χ4n) is 1.85. The quantitative estimate of drug-likeness (QED) is 0.858. The van der Waals surface area contributed by atoms with Crippen LogP contribution in [0.15, 0.2) is 18.2 Å². The van der Waals surface area contributed by atoms with Gasteiger partial charge >= 0.3 is 0 Å². The Morgan fingerprint density at radius 1 is 1.47 bits per heavy atom. The number of rotatable bonds is 3. The van der Waals surface area contributed by atoms with E-state index in [4.69, 9.17) is 28.5 Å². The van der Waals surface area contributed by atoms with E-state index in [9.17, 15) is 4.79 Å². The van der Waals surface area contributed by atoms with Gasteiger partial charge in [-0.25, -0.2) is 0 Å². The monoisotopic (exact) mass is 268 g/mol. The number of hydrogen-bond acceptors (Lipinski definition) is 2. The second-order valence-corrected chi connectivity index (χ2v) is 4.81. The average molecular weight is 269 g/mol. The summed E-state index contributed by atoms with van der Waals surface area (Å²) in [6.07, 6.45) is 0.801. The second kappa shape index (κ2) is 4.95. The van der Waals surface area contributed by atoms with Gasteiger partial charge in [-0.2, -0.15) is 5.26 Å². The Morgan fingerprint density at radius 2 is 2.24 bits per heavy atom. The number of carbonyl (C=O) groups is 1. The first kappa shape index (κ1) is 12.2. The maximum absolute atomic E-state index is 11.6. The van der Waals surface area contributed by atoms with Gasteiger partial charge in [-0.1, -0.05) is 29.3 Å². The predicted octanol–water partition coefficient (Wildman–Crippen LogP) is 2.74. The molecule has 3 nitrogen and oxygen atoms in total. The van der Waals surface area contributed by atoms with Crippen molar-refractivity contribution in [3.8, 4) is 6.07 Å². The molecule has 0 heterocycles. The topological polar surface area (TPSA) is 52.9 Å². The van der Waals surface area contributed by atoms with Crippen LogP contribution in [0.2, 0.25) is 10.0 Å². The van der Waals surface area contributed by atoms with Gasteiger partial charge in [0.25, 0.3) is 0 Å². The lowest BCUT2D eigenvalue weighted by atomic mass is 10.1. The number of benzene rings is 1. The molecule has 1 aromatic carbocycles.